The van der Waals surface area contributed by atoms with Crippen LogP contribution in [0.5, 0.6) is 0 Å². The molecule has 7 nitrogen and oxygen atoms in total. The first-order valence-electron chi connectivity index (χ1n) is 6.51. The van der Waals surface area contributed by atoms with Gasteiger partial charge in [0.05, 0.1) is 20.5 Å². The van der Waals surface area contributed by atoms with Crippen molar-refractivity contribution in [2.24, 2.45) is 0 Å². The fraction of sp³-hybridized carbons (Fsp3) is 0.0769. The molecule has 1 aromatic carbocycles. The third-order valence-electron chi connectivity index (χ3n) is 3.15. The van der Waals surface area contributed by atoms with Crippen LogP contribution in [0.15, 0.2) is 27.9 Å². The molecule has 0 amide bonds. The van der Waals surface area contributed by atoms with Crippen LogP contribution < -0.4 is 5.73 Å². The van der Waals surface area contributed by atoms with Gasteiger partial charge in [-0.15, -0.1) is 0 Å². The van der Waals surface area contributed by atoms with Crippen molar-refractivity contribution in [3.63, 3.8) is 0 Å². The third kappa shape index (κ3) is 3.18. The second kappa shape index (κ2) is 6.71. The largest absolute Gasteiger partial charge is 0.416 e. The third-order valence-corrected chi connectivity index (χ3v) is 4.43. The van der Waals surface area contributed by atoms with E-state index < -0.39 is 11.7 Å². The van der Waals surface area contributed by atoms with Crippen molar-refractivity contribution in [3.05, 3.63) is 34.1 Å². The average Bonchev–Trinajstić information content (AvgIpc) is 3.17. The molecule has 0 aliphatic carbocycles. The number of hydrogen-bond acceptors (Lipinski definition) is 7. The maximum Gasteiger partial charge on any atom is 0.416 e. The van der Waals surface area contributed by atoms with E-state index in [4.69, 9.17) is 34.2 Å². The number of alkyl halides is 3. The van der Waals surface area contributed by atoms with Crippen LogP contribution in [-0.2, 0) is 6.18 Å². The lowest BCUT2D eigenvalue weighted by atomic mass is 10.2. The summed E-state index contributed by atoms with van der Waals surface area (Å²) in [6.07, 6.45) is -3.58. The molecule has 134 valence electrons. The van der Waals surface area contributed by atoms with Crippen molar-refractivity contribution >= 4 is 40.8 Å². The Balaban J connectivity index is 2.23. The summed E-state index contributed by atoms with van der Waals surface area (Å²) in [5.41, 5.74) is 4.99. The number of anilines is 1. The van der Waals surface area contributed by atoms with Gasteiger partial charge in [-0.05, 0) is 23.9 Å². The van der Waals surface area contributed by atoms with Gasteiger partial charge in [0, 0.05) is 0 Å². The molecule has 0 aliphatic heterocycles. The Morgan fingerprint density at radius 2 is 1.92 bits per heavy atom. The lowest BCUT2D eigenvalue weighted by Crippen LogP contribution is -2.08. The number of hydrogen-bond donors (Lipinski definition) is 1. The predicted octanol–water partition coefficient (Wildman–Crippen LogP) is 4.40. The topological polar surface area (TPSA) is 107 Å². The number of benzene rings is 1. The predicted molar refractivity (Wildman–Crippen MR) is 87.8 cm³/mol. The van der Waals surface area contributed by atoms with E-state index in [1.165, 1.54) is 0 Å². The van der Waals surface area contributed by atoms with Gasteiger partial charge in [0.1, 0.15) is 16.9 Å². The van der Waals surface area contributed by atoms with Gasteiger partial charge in [0.25, 0.3) is 0 Å². The van der Waals surface area contributed by atoms with Crippen LogP contribution in [0.3, 0.4) is 0 Å². The van der Waals surface area contributed by atoms with Crippen molar-refractivity contribution in [2.75, 3.05) is 5.73 Å². The van der Waals surface area contributed by atoms with E-state index in [9.17, 15) is 13.2 Å². The molecule has 0 saturated heterocycles. The minimum absolute atomic E-state index is 0.0346. The van der Waals surface area contributed by atoms with Crippen molar-refractivity contribution in [1.82, 2.24) is 19.9 Å². The highest BCUT2D eigenvalue weighted by Crippen LogP contribution is 2.41. The highest BCUT2D eigenvalue weighted by molar-refractivity contribution is 8.04. The maximum atomic E-state index is 12.9. The van der Waals surface area contributed by atoms with Crippen LogP contribution in [0.2, 0.25) is 10.0 Å². The van der Waals surface area contributed by atoms with E-state index in [0.717, 1.165) is 11.1 Å². The summed E-state index contributed by atoms with van der Waals surface area (Å²) in [4.78, 5) is 4.00. The van der Waals surface area contributed by atoms with Crippen LogP contribution in [0.4, 0.5) is 19.0 Å². The Kier molecular flexibility index (Phi) is 4.74. The second-order valence-electron chi connectivity index (χ2n) is 4.71. The van der Waals surface area contributed by atoms with Gasteiger partial charge in [-0.1, -0.05) is 28.4 Å². The molecule has 0 spiro atoms. The van der Waals surface area contributed by atoms with E-state index in [-0.39, 0.29) is 38.0 Å². The number of nitrogens with zero attached hydrogens (tertiary/aromatic N) is 5. The minimum Gasteiger partial charge on any atom is -0.383 e. The molecule has 0 saturated carbocycles. The summed E-state index contributed by atoms with van der Waals surface area (Å²) in [6.45, 7) is 0. The molecule has 13 heteroatoms. The summed E-state index contributed by atoms with van der Waals surface area (Å²) >= 11 is 12.6. The fourth-order valence-corrected chi connectivity index (χ4v) is 3.24. The van der Waals surface area contributed by atoms with Gasteiger partial charge >= 0.3 is 6.18 Å². The van der Waals surface area contributed by atoms with E-state index in [0.29, 0.717) is 23.9 Å². The summed E-state index contributed by atoms with van der Waals surface area (Å²) in [6, 6.07) is 1.41. The quantitative estimate of drug-likeness (QED) is 0.493. The first kappa shape index (κ1) is 18.4. The first-order valence-corrected chi connectivity index (χ1v) is 8.09. The average molecular weight is 421 g/mol. The Morgan fingerprint density at radius 3 is 2.42 bits per heavy atom. The SMILES string of the molecule is N#CSc1c(-c2ncon2)nn(-c2c(Cl)cc(C(F)(F)F)cc2Cl)c1N. The zero-order valence-corrected chi connectivity index (χ0v) is 14.6. The number of rotatable bonds is 3. The molecule has 0 fully saturated rings. The van der Waals surface area contributed by atoms with Gasteiger partial charge in [0.15, 0.2) is 5.69 Å². The number of halogens is 5. The molecule has 2 heterocycles. The van der Waals surface area contributed by atoms with E-state index in [1.54, 1.807) is 0 Å². The van der Waals surface area contributed by atoms with E-state index in [1.807, 2.05) is 5.40 Å². The highest BCUT2D eigenvalue weighted by atomic mass is 35.5. The number of thiocyanates is 1. The van der Waals surface area contributed by atoms with Crippen molar-refractivity contribution < 1.29 is 17.7 Å². The Hall–Kier alpha value is -2.42. The smallest absolute Gasteiger partial charge is 0.383 e. The molecule has 2 aromatic heterocycles. The van der Waals surface area contributed by atoms with E-state index in [2.05, 4.69) is 19.8 Å². The minimum atomic E-state index is -4.63. The normalized spacial score (nSPS) is 11.5. The van der Waals surface area contributed by atoms with Gasteiger partial charge in [-0.2, -0.15) is 28.5 Å². The summed E-state index contributed by atoms with van der Waals surface area (Å²) in [7, 11) is 0. The molecule has 26 heavy (non-hydrogen) atoms. The lowest BCUT2D eigenvalue weighted by Gasteiger charge is -2.13. The molecule has 0 radical (unpaired) electrons. The monoisotopic (exact) mass is 420 g/mol. The highest BCUT2D eigenvalue weighted by Gasteiger charge is 2.33. The van der Waals surface area contributed by atoms with Crippen LogP contribution in [-0.4, -0.2) is 19.9 Å². The van der Waals surface area contributed by atoms with Gasteiger partial charge in [0.2, 0.25) is 12.2 Å². The fourth-order valence-electron chi connectivity index (χ4n) is 2.09. The van der Waals surface area contributed by atoms with Crippen LogP contribution in [0.25, 0.3) is 17.2 Å². The standard InChI is InChI=1S/C13H5Cl2F3N6OS/c14-6-1-5(13(16,17)18)2-7(15)9(6)24-11(20)10(26-3-19)8(22-24)12-21-4-25-23-12/h1-2,4H,20H2. The van der Waals surface area contributed by atoms with Gasteiger partial charge < -0.3 is 10.3 Å². The Labute approximate surface area is 157 Å². The lowest BCUT2D eigenvalue weighted by molar-refractivity contribution is -0.137. The zero-order valence-electron chi connectivity index (χ0n) is 12.3. The number of aromatic nitrogens is 4. The zero-order chi connectivity index (χ0) is 19.1. The molecule has 2 N–H and O–H groups in total. The van der Waals surface area contributed by atoms with Gasteiger partial charge in [-0.25, -0.2) is 4.68 Å². The Bertz CT molecular complexity index is 989. The summed E-state index contributed by atoms with van der Waals surface area (Å²) < 4.78 is 44.3. The molecule has 0 bridgehead atoms. The maximum absolute atomic E-state index is 12.9. The number of nitrogen functional groups attached to an aromatic ring is 1. The molecule has 0 atom stereocenters. The molecule has 3 rings (SSSR count). The summed E-state index contributed by atoms with van der Waals surface area (Å²) in [5.74, 6) is -0.0349. The number of nitriles is 1. The molecule has 0 unspecified atom stereocenters. The van der Waals surface area contributed by atoms with Crippen molar-refractivity contribution in [1.29, 1.82) is 5.26 Å². The van der Waals surface area contributed by atoms with Crippen LogP contribution >= 0.6 is 35.0 Å². The number of nitrogens with two attached hydrogens (primary N) is 1. The molecular weight excluding hydrogens is 416 g/mol. The van der Waals surface area contributed by atoms with Crippen molar-refractivity contribution in [2.45, 2.75) is 11.1 Å². The Morgan fingerprint density at radius 1 is 1.27 bits per heavy atom. The first-order chi connectivity index (χ1) is 12.2. The van der Waals surface area contributed by atoms with Crippen LogP contribution in [0, 0.1) is 10.7 Å². The van der Waals surface area contributed by atoms with Gasteiger partial charge in [-0.3, -0.25) is 0 Å². The summed E-state index contributed by atoms with van der Waals surface area (Å²) in [5, 5.41) is 17.9. The number of thioether (sulfide) groups is 1. The van der Waals surface area contributed by atoms with E-state index >= 15 is 0 Å². The molecular formula is C13H5Cl2F3N6OS. The second-order valence-corrected chi connectivity index (χ2v) is 6.32. The molecule has 3 aromatic rings. The molecule has 0 aliphatic rings. The van der Waals surface area contributed by atoms with Crippen LogP contribution in [0.1, 0.15) is 5.56 Å². The van der Waals surface area contributed by atoms with Crippen molar-refractivity contribution in [3.8, 4) is 22.6 Å².